The van der Waals surface area contributed by atoms with Crippen molar-refractivity contribution < 1.29 is 0 Å². The topological polar surface area (TPSA) is 3.24 Å². The van der Waals surface area contributed by atoms with Gasteiger partial charge in [0.15, 0.2) is 8.07 Å². The number of hydrogen-bond donors (Lipinski definition) is 0. The fraction of sp³-hybridized carbons (Fsp3) is 0.0857. The van der Waals surface area contributed by atoms with Crippen LogP contribution in [-0.2, 0) is 5.41 Å². The van der Waals surface area contributed by atoms with Crippen LogP contribution in [0.4, 0.5) is 17.1 Å². The lowest BCUT2D eigenvalue weighted by molar-refractivity contribution is 0.660. The molecule has 0 spiro atoms. The van der Waals surface area contributed by atoms with Crippen LogP contribution >= 0.6 is 11.3 Å². The van der Waals surface area contributed by atoms with Crippen molar-refractivity contribution in [2.24, 2.45) is 0 Å². The molecule has 4 aliphatic rings. The molecule has 0 atom stereocenters. The molecule has 0 N–H and O–H groups in total. The molecule has 0 radical (unpaired) electrons. The second-order valence-electron chi connectivity index (χ2n) is 22.0. The van der Waals surface area contributed by atoms with E-state index < -0.39 is 8.07 Å². The molecule has 3 aliphatic heterocycles. The zero-order chi connectivity index (χ0) is 50.3. The van der Waals surface area contributed by atoms with E-state index in [-0.39, 0.29) is 18.8 Å². The molecule has 0 bridgehead atoms. The highest BCUT2D eigenvalue weighted by molar-refractivity contribution is 7.20. The Balaban J connectivity index is 1.10. The molecule has 0 unspecified atom stereocenters. The third kappa shape index (κ3) is 6.20. The van der Waals surface area contributed by atoms with Crippen LogP contribution in [0, 0.1) is 20.8 Å². The molecule has 5 heteroatoms. The van der Waals surface area contributed by atoms with Crippen molar-refractivity contribution in [2.75, 3.05) is 4.90 Å². The van der Waals surface area contributed by atoms with Crippen molar-refractivity contribution in [1.82, 2.24) is 0 Å². The summed E-state index contributed by atoms with van der Waals surface area (Å²) in [6.07, 6.45) is 0. The molecule has 354 valence electrons. The van der Waals surface area contributed by atoms with Crippen molar-refractivity contribution in [3.8, 4) is 43.1 Å². The van der Waals surface area contributed by atoms with Gasteiger partial charge < -0.3 is 4.90 Å². The second kappa shape index (κ2) is 16.5. The highest BCUT2D eigenvalue weighted by atomic mass is 32.1. The van der Waals surface area contributed by atoms with Crippen LogP contribution in [0.3, 0.4) is 0 Å². The van der Waals surface area contributed by atoms with Crippen LogP contribution < -0.4 is 58.4 Å². The van der Waals surface area contributed by atoms with E-state index in [1.54, 1.807) is 0 Å². The van der Waals surface area contributed by atoms with Crippen LogP contribution in [0.15, 0.2) is 231 Å². The molecule has 0 fully saturated rings. The lowest BCUT2D eigenvalue weighted by Crippen LogP contribution is -2.75. The van der Waals surface area contributed by atoms with Crippen LogP contribution in [0.25, 0.3) is 43.1 Å². The lowest BCUT2D eigenvalue weighted by atomic mass is 9.30. The van der Waals surface area contributed by atoms with Gasteiger partial charge in [0.2, 0.25) is 13.4 Å². The Labute approximate surface area is 447 Å². The summed E-state index contributed by atoms with van der Waals surface area (Å²) >= 11 is 1.94. The molecule has 0 amide bonds. The average molecular weight is 990 g/mol. The smallest absolute Gasteiger partial charge is 0.248 e. The first-order valence-electron chi connectivity index (χ1n) is 26.7. The van der Waals surface area contributed by atoms with Gasteiger partial charge in [-0.05, 0) is 132 Å². The Morgan fingerprint density at radius 3 is 1.65 bits per heavy atom. The SMILES string of the molecule is Cc1cc(C)c(B2c3cc([Si](c4ccccc4)(c4ccccc4)c4ccccc4)ccc3N3c4ccccc4B4c5ccc6c(c5-c5c(-c7ccc(-c8ccccc8)s7)cc2c3c54)-c2ccccc2C6(C)C)c(C)c1. The number of nitrogens with zero attached hydrogens (tertiary/aromatic N) is 1. The molecule has 75 heavy (non-hydrogen) atoms. The minimum atomic E-state index is -2.93. The Morgan fingerprint density at radius 1 is 0.400 bits per heavy atom. The van der Waals surface area contributed by atoms with Crippen molar-refractivity contribution in [3.63, 3.8) is 0 Å². The van der Waals surface area contributed by atoms with E-state index >= 15 is 0 Å². The monoisotopic (exact) mass is 989 g/mol. The molecule has 0 saturated heterocycles. The first kappa shape index (κ1) is 44.5. The number of aryl methyl sites for hydroxylation is 3. The van der Waals surface area contributed by atoms with Crippen LogP contribution in [0.5, 0.6) is 0 Å². The fourth-order valence-electron chi connectivity index (χ4n) is 14.7. The predicted octanol–water partition coefficient (Wildman–Crippen LogP) is 10.8. The van der Waals surface area contributed by atoms with Crippen molar-refractivity contribution in [2.45, 2.75) is 40.0 Å². The van der Waals surface area contributed by atoms with E-state index in [1.165, 1.54) is 142 Å². The molecule has 15 rings (SSSR count). The minimum absolute atomic E-state index is 0.0570. The molecule has 1 aromatic heterocycles. The van der Waals surface area contributed by atoms with E-state index in [2.05, 4.69) is 270 Å². The zero-order valence-electron chi connectivity index (χ0n) is 42.9. The number of benzene rings is 10. The normalized spacial score (nSPS) is 14.0. The third-order valence-corrected chi connectivity index (χ3v) is 23.6. The molecule has 11 aromatic rings. The Morgan fingerprint density at radius 2 is 0.973 bits per heavy atom. The number of para-hydroxylation sites is 1. The van der Waals surface area contributed by atoms with Crippen molar-refractivity contribution in [1.29, 1.82) is 0 Å². The summed E-state index contributed by atoms with van der Waals surface area (Å²) in [6.45, 7) is 11.8. The minimum Gasteiger partial charge on any atom is -0.313 e. The lowest BCUT2D eigenvalue weighted by Gasteiger charge is -2.44. The zero-order valence-corrected chi connectivity index (χ0v) is 44.8. The van der Waals surface area contributed by atoms with Gasteiger partial charge in [-0.1, -0.05) is 248 Å². The number of thiophene rings is 1. The largest absolute Gasteiger partial charge is 0.313 e. The highest BCUT2D eigenvalue weighted by Crippen LogP contribution is 2.55. The van der Waals surface area contributed by atoms with Crippen LogP contribution in [0.1, 0.15) is 41.7 Å². The summed E-state index contributed by atoms with van der Waals surface area (Å²) in [6, 6.07) is 88.9. The third-order valence-electron chi connectivity index (χ3n) is 17.6. The average Bonchev–Trinajstić information content (AvgIpc) is 4.15. The van der Waals surface area contributed by atoms with E-state index in [0.29, 0.717) is 0 Å². The maximum Gasteiger partial charge on any atom is 0.248 e. The van der Waals surface area contributed by atoms with Gasteiger partial charge in [0.05, 0.1) is 0 Å². The number of rotatable bonds is 7. The number of fused-ring (bicyclic) bond motifs is 12. The maximum absolute atomic E-state index is 2.93. The van der Waals surface area contributed by atoms with Gasteiger partial charge in [-0.3, -0.25) is 0 Å². The molecule has 1 nitrogen and oxygen atoms in total. The number of hydrogen-bond acceptors (Lipinski definition) is 2. The molecule has 4 heterocycles. The van der Waals surface area contributed by atoms with Gasteiger partial charge in [0, 0.05) is 32.2 Å². The van der Waals surface area contributed by atoms with E-state index in [4.69, 9.17) is 0 Å². The molecule has 1 aliphatic carbocycles. The van der Waals surface area contributed by atoms with Gasteiger partial charge in [0.25, 0.3) is 0 Å². The van der Waals surface area contributed by atoms with Gasteiger partial charge in [0.1, 0.15) is 0 Å². The Hall–Kier alpha value is -7.95. The summed E-state index contributed by atoms with van der Waals surface area (Å²) in [7, 11) is -2.93. The first-order valence-corrected chi connectivity index (χ1v) is 29.5. The standard InChI is InChI=1S/C70H53B2NSSi/c1-44-40-45(2)67(46(3)41-44)72-58-42-51(75(48-24-12-7-13-25-48,49-26-14-8-15-27-49)50-28-16-9-17-29-50)34-37-61(58)73-60-33-21-20-32-56(60)71-57-36-35-55-64(52-30-18-19-31-54(52)70(55,4)5)66(57)65-53(43-59(72)69(73)68(65)71)63-39-38-62(74-63)47-22-10-6-11-23-47/h6-43H,1-5H3. The van der Waals surface area contributed by atoms with Gasteiger partial charge in [-0.25, -0.2) is 0 Å². The summed E-state index contributed by atoms with van der Waals surface area (Å²) < 4.78 is 0. The Bertz CT molecular complexity index is 4030. The predicted molar refractivity (Wildman–Crippen MR) is 326 cm³/mol. The Kier molecular flexibility index (Phi) is 9.81. The van der Waals surface area contributed by atoms with E-state index in [9.17, 15) is 0 Å². The van der Waals surface area contributed by atoms with Gasteiger partial charge in [-0.2, -0.15) is 0 Å². The summed E-state index contributed by atoms with van der Waals surface area (Å²) in [4.78, 5) is 5.31. The quantitative estimate of drug-likeness (QED) is 0.114. The maximum atomic E-state index is 2.71. The van der Waals surface area contributed by atoms with Gasteiger partial charge >= 0.3 is 0 Å². The van der Waals surface area contributed by atoms with Crippen LogP contribution in [-0.4, -0.2) is 21.5 Å². The van der Waals surface area contributed by atoms with E-state index in [0.717, 1.165) is 0 Å². The van der Waals surface area contributed by atoms with Crippen LogP contribution in [0.2, 0.25) is 0 Å². The second-order valence-corrected chi connectivity index (χ2v) is 26.9. The fourth-order valence-corrected chi connectivity index (χ4v) is 20.5. The molecule has 0 saturated carbocycles. The summed E-state index contributed by atoms with van der Waals surface area (Å²) in [5, 5.41) is 5.53. The molecular weight excluding hydrogens is 937 g/mol. The summed E-state index contributed by atoms with van der Waals surface area (Å²) in [5.74, 6) is 0. The van der Waals surface area contributed by atoms with E-state index in [1.807, 2.05) is 11.3 Å². The van der Waals surface area contributed by atoms with Crippen molar-refractivity contribution in [3.05, 3.63) is 258 Å². The highest BCUT2D eigenvalue weighted by Gasteiger charge is 2.52. The number of anilines is 3. The summed E-state index contributed by atoms with van der Waals surface area (Å²) in [5.41, 5.74) is 27.1. The van der Waals surface area contributed by atoms with Gasteiger partial charge in [-0.15, -0.1) is 11.3 Å². The van der Waals surface area contributed by atoms with Crippen molar-refractivity contribution >= 4 is 103 Å². The molecule has 10 aromatic carbocycles. The molecular formula is C70H53B2NSSi. The first-order chi connectivity index (χ1) is 36.7.